The summed E-state index contributed by atoms with van der Waals surface area (Å²) >= 11 is 3.63. The zero-order valence-corrected chi connectivity index (χ0v) is 15.6. The summed E-state index contributed by atoms with van der Waals surface area (Å²) in [6.45, 7) is 7.53. The first-order valence-electron chi connectivity index (χ1n) is 8.20. The Labute approximate surface area is 143 Å². The van der Waals surface area contributed by atoms with Crippen LogP contribution in [-0.2, 0) is 6.42 Å². The van der Waals surface area contributed by atoms with Gasteiger partial charge in [-0.25, -0.2) is 0 Å². The number of aliphatic imine (C=N–C) groups is 1. The molecule has 0 saturated carbocycles. The van der Waals surface area contributed by atoms with Crippen LogP contribution in [-0.4, -0.2) is 23.3 Å². The number of benzene rings is 1. The normalized spacial score (nSPS) is 16.2. The van der Waals surface area contributed by atoms with Gasteiger partial charge in [-0.05, 0) is 64.5 Å². The molecule has 120 valence electrons. The van der Waals surface area contributed by atoms with Gasteiger partial charge < -0.3 is 4.90 Å². The molecular formula is C19H27BrN2. The Morgan fingerprint density at radius 3 is 2.73 bits per heavy atom. The molecular weight excluding hydrogens is 336 g/mol. The number of halogens is 1. The maximum atomic E-state index is 4.66. The summed E-state index contributed by atoms with van der Waals surface area (Å²) in [4.78, 5) is 7.01. The first kappa shape index (κ1) is 17.3. The molecule has 0 radical (unpaired) electrons. The second-order valence-electron chi connectivity index (χ2n) is 6.89. The van der Waals surface area contributed by atoms with Gasteiger partial charge >= 0.3 is 0 Å². The van der Waals surface area contributed by atoms with Crippen LogP contribution in [0, 0.1) is 0 Å². The first-order valence-corrected chi connectivity index (χ1v) is 8.99. The molecule has 1 heterocycles. The van der Waals surface area contributed by atoms with E-state index in [1.54, 1.807) is 0 Å². The summed E-state index contributed by atoms with van der Waals surface area (Å²) in [5, 5.41) is 0. The molecule has 2 nitrogen and oxygen atoms in total. The van der Waals surface area contributed by atoms with Crippen molar-refractivity contribution < 1.29 is 0 Å². The number of aryl methyl sites for hydroxylation is 1. The Bertz CT molecular complexity index is 541. The quantitative estimate of drug-likeness (QED) is 0.493. The van der Waals surface area contributed by atoms with Crippen molar-refractivity contribution in [2.45, 2.75) is 58.4 Å². The number of allylic oxidation sites excluding steroid dienone is 2. The molecule has 0 atom stereocenters. The third-order valence-electron chi connectivity index (χ3n) is 3.77. The maximum absolute atomic E-state index is 4.66. The van der Waals surface area contributed by atoms with Gasteiger partial charge in [0.1, 0.15) is 0 Å². The monoisotopic (exact) mass is 362 g/mol. The molecule has 1 aromatic rings. The Hall–Kier alpha value is -1.09. The van der Waals surface area contributed by atoms with Gasteiger partial charge in [0.05, 0.1) is 11.9 Å². The van der Waals surface area contributed by atoms with Crippen LogP contribution in [0.3, 0.4) is 0 Å². The number of hydrogen-bond donors (Lipinski definition) is 0. The highest BCUT2D eigenvalue weighted by Crippen LogP contribution is 2.22. The molecule has 0 saturated heterocycles. The summed E-state index contributed by atoms with van der Waals surface area (Å²) < 4.78 is 1.22. The average molecular weight is 363 g/mol. The van der Waals surface area contributed by atoms with E-state index in [-0.39, 0.29) is 5.54 Å². The predicted octanol–water partition coefficient (Wildman–Crippen LogP) is 5.58. The van der Waals surface area contributed by atoms with Crippen LogP contribution in [0.15, 0.2) is 45.5 Å². The topological polar surface area (TPSA) is 15.6 Å². The van der Waals surface area contributed by atoms with Gasteiger partial charge in [0.25, 0.3) is 0 Å². The van der Waals surface area contributed by atoms with Crippen molar-refractivity contribution >= 4 is 22.3 Å². The average Bonchev–Trinajstić information content (AvgIpc) is 2.47. The second kappa shape index (κ2) is 7.96. The van der Waals surface area contributed by atoms with Gasteiger partial charge in [-0.2, -0.15) is 0 Å². The molecule has 1 aromatic carbocycles. The number of rotatable bonds is 5. The van der Waals surface area contributed by atoms with E-state index in [2.05, 4.69) is 76.9 Å². The van der Waals surface area contributed by atoms with E-state index in [4.69, 9.17) is 0 Å². The van der Waals surface area contributed by atoms with Gasteiger partial charge in [0.2, 0.25) is 0 Å². The van der Waals surface area contributed by atoms with Crippen molar-refractivity contribution in [2.75, 3.05) is 6.54 Å². The summed E-state index contributed by atoms with van der Waals surface area (Å²) in [6, 6.07) is 8.51. The highest BCUT2D eigenvalue weighted by atomic mass is 79.9. The molecule has 22 heavy (non-hydrogen) atoms. The third-order valence-corrected chi connectivity index (χ3v) is 4.55. The number of nitrogens with zero attached hydrogens (tertiary/aromatic N) is 2. The van der Waals surface area contributed by atoms with Crippen molar-refractivity contribution in [3.05, 3.63) is 46.1 Å². The summed E-state index contributed by atoms with van der Waals surface area (Å²) in [7, 11) is 0. The van der Waals surface area contributed by atoms with Crippen LogP contribution < -0.4 is 0 Å². The molecule has 0 N–H and O–H groups in total. The van der Waals surface area contributed by atoms with Crippen molar-refractivity contribution in [3.8, 4) is 0 Å². The summed E-state index contributed by atoms with van der Waals surface area (Å²) in [5.41, 5.74) is 2.83. The fraction of sp³-hybridized carbons (Fsp3) is 0.526. The van der Waals surface area contributed by atoms with Crippen molar-refractivity contribution in [1.82, 2.24) is 4.90 Å². The van der Waals surface area contributed by atoms with Gasteiger partial charge in [-0.1, -0.05) is 40.2 Å². The lowest BCUT2D eigenvalue weighted by Gasteiger charge is -2.28. The molecule has 1 aliphatic rings. The minimum atomic E-state index is -0.00252. The first-order chi connectivity index (χ1) is 10.5. The van der Waals surface area contributed by atoms with Gasteiger partial charge in [0.15, 0.2) is 0 Å². The Balaban J connectivity index is 1.91. The highest BCUT2D eigenvalue weighted by molar-refractivity contribution is 9.10. The molecule has 0 fully saturated rings. The lowest BCUT2D eigenvalue weighted by atomic mass is 10.0. The fourth-order valence-electron chi connectivity index (χ4n) is 2.57. The second-order valence-corrected chi connectivity index (χ2v) is 7.75. The van der Waals surface area contributed by atoms with Gasteiger partial charge in [-0.15, -0.1) is 0 Å². The van der Waals surface area contributed by atoms with Gasteiger partial charge in [-0.3, -0.25) is 4.99 Å². The molecule has 0 bridgehead atoms. The molecule has 0 aromatic heterocycles. The van der Waals surface area contributed by atoms with Crippen LogP contribution in [0.5, 0.6) is 0 Å². The molecule has 2 rings (SSSR count). The van der Waals surface area contributed by atoms with E-state index in [1.807, 2.05) is 6.34 Å². The van der Waals surface area contributed by atoms with Crippen LogP contribution in [0.1, 0.15) is 52.0 Å². The molecule has 0 unspecified atom stereocenters. The summed E-state index contributed by atoms with van der Waals surface area (Å²) in [5.74, 6) is 0. The van der Waals surface area contributed by atoms with E-state index in [1.165, 1.54) is 35.0 Å². The van der Waals surface area contributed by atoms with E-state index in [0.717, 1.165) is 19.4 Å². The minimum absolute atomic E-state index is 0.00252. The lowest BCUT2D eigenvalue weighted by Crippen LogP contribution is -2.27. The van der Waals surface area contributed by atoms with Gasteiger partial charge in [0, 0.05) is 16.7 Å². The Morgan fingerprint density at radius 2 is 2.00 bits per heavy atom. The standard InChI is InChI=1S/C19H27BrN2/c1-19(2,3)21-15-22-14-7-6-11-17(22)12-8-10-16-9-4-5-13-18(16)20/h4-5,9,11,13,15H,6-8,10,12,14H2,1-3H3. The Kier molecular flexibility index (Phi) is 6.25. The van der Waals surface area contributed by atoms with E-state index < -0.39 is 0 Å². The minimum Gasteiger partial charge on any atom is -0.337 e. The zero-order chi connectivity index (χ0) is 16.0. The SMILES string of the molecule is CC(C)(C)N=CN1CCCC=C1CCCc1ccccc1Br. The van der Waals surface area contributed by atoms with E-state index in [9.17, 15) is 0 Å². The predicted molar refractivity (Wildman–Crippen MR) is 99.3 cm³/mol. The zero-order valence-electron chi connectivity index (χ0n) is 14.0. The summed E-state index contributed by atoms with van der Waals surface area (Å²) in [6.07, 6.45) is 10.3. The van der Waals surface area contributed by atoms with Crippen LogP contribution in [0.4, 0.5) is 0 Å². The largest absolute Gasteiger partial charge is 0.337 e. The van der Waals surface area contributed by atoms with Crippen molar-refractivity contribution in [3.63, 3.8) is 0 Å². The van der Waals surface area contributed by atoms with E-state index >= 15 is 0 Å². The smallest absolute Gasteiger partial charge is 0.0898 e. The van der Waals surface area contributed by atoms with Crippen LogP contribution in [0.2, 0.25) is 0 Å². The molecule has 0 spiro atoms. The van der Waals surface area contributed by atoms with E-state index in [0.29, 0.717) is 0 Å². The highest BCUT2D eigenvalue weighted by Gasteiger charge is 2.13. The molecule has 1 aliphatic heterocycles. The van der Waals surface area contributed by atoms with Crippen molar-refractivity contribution in [1.29, 1.82) is 0 Å². The number of hydrogen-bond acceptors (Lipinski definition) is 1. The van der Waals surface area contributed by atoms with Crippen LogP contribution >= 0.6 is 15.9 Å². The maximum Gasteiger partial charge on any atom is 0.0898 e. The molecule has 0 aliphatic carbocycles. The molecule has 0 amide bonds. The van der Waals surface area contributed by atoms with Crippen molar-refractivity contribution in [2.24, 2.45) is 4.99 Å². The third kappa shape index (κ3) is 5.60. The van der Waals surface area contributed by atoms with Crippen LogP contribution in [0.25, 0.3) is 0 Å². The molecule has 3 heteroatoms. The fourth-order valence-corrected chi connectivity index (χ4v) is 3.06. The lowest BCUT2D eigenvalue weighted by molar-refractivity contribution is 0.447. The Morgan fingerprint density at radius 1 is 1.23 bits per heavy atom.